The quantitative estimate of drug-likeness (QED) is 0.384. The highest BCUT2D eigenvalue weighted by molar-refractivity contribution is 5.98. The van der Waals surface area contributed by atoms with Gasteiger partial charge in [-0.1, -0.05) is 0 Å². The summed E-state index contributed by atoms with van der Waals surface area (Å²) in [4.78, 5) is 17.5. The Hall–Kier alpha value is -3.85. The Kier molecular flexibility index (Phi) is 5.09. The predicted octanol–water partition coefficient (Wildman–Crippen LogP) is 4.09. The van der Waals surface area contributed by atoms with Gasteiger partial charge in [-0.05, 0) is 47.5 Å². The van der Waals surface area contributed by atoms with Crippen LogP contribution in [0, 0.1) is 11.6 Å². The molecular weight excluding hydrogens is 442 g/mol. The normalized spacial score (nSPS) is 15.4. The maximum absolute atomic E-state index is 15.3. The molecule has 0 bridgehead atoms. The molecule has 34 heavy (non-hydrogen) atoms. The maximum Gasteiger partial charge on any atom is 0.256 e. The zero-order valence-corrected chi connectivity index (χ0v) is 18.5. The first-order valence-corrected chi connectivity index (χ1v) is 10.6. The van der Waals surface area contributed by atoms with Crippen molar-refractivity contribution < 1.29 is 25.8 Å². The van der Waals surface area contributed by atoms with E-state index >= 15 is 8.78 Å². The number of aromatic nitrogens is 3. The maximum atomic E-state index is 15.3. The minimum absolute atomic E-state index is 0.0702. The Morgan fingerprint density at radius 3 is 2.68 bits per heavy atom. The van der Waals surface area contributed by atoms with Gasteiger partial charge >= 0.3 is 0 Å². The molecular formula is C25H22F2N4O3. The second kappa shape index (κ2) is 8.83. The molecule has 0 N–H and O–H groups in total. The summed E-state index contributed by atoms with van der Waals surface area (Å²) >= 11 is 0. The number of hydrogen-bond acceptors (Lipinski definition) is 5. The molecule has 0 spiro atoms. The van der Waals surface area contributed by atoms with Gasteiger partial charge in [0.1, 0.15) is 29.5 Å². The molecule has 7 nitrogen and oxygen atoms in total. The van der Waals surface area contributed by atoms with Crippen molar-refractivity contribution in [3.8, 4) is 16.9 Å². The Morgan fingerprint density at radius 1 is 1.15 bits per heavy atom. The van der Waals surface area contributed by atoms with Gasteiger partial charge in [-0.2, -0.15) is 5.10 Å². The Labute approximate surface area is 197 Å². The summed E-state index contributed by atoms with van der Waals surface area (Å²) in [7, 11) is 3.31. The van der Waals surface area contributed by atoms with Crippen molar-refractivity contribution in [1.29, 1.82) is 0 Å². The minimum Gasteiger partial charge on any atom is -0.489 e. The highest BCUT2D eigenvalue weighted by atomic mass is 19.1. The topological polar surface area (TPSA) is 69.5 Å². The lowest BCUT2D eigenvalue weighted by molar-refractivity contribution is 0.0763. The van der Waals surface area contributed by atoms with Crippen LogP contribution in [-0.4, -0.2) is 45.9 Å². The van der Waals surface area contributed by atoms with Gasteiger partial charge < -0.3 is 14.4 Å². The van der Waals surface area contributed by atoms with E-state index in [-0.39, 0.29) is 16.8 Å². The number of methoxy groups -OCH3 is 1. The van der Waals surface area contributed by atoms with Crippen molar-refractivity contribution >= 4 is 16.8 Å². The first-order chi connectivity index (χ1) is 17.2. The van der Waals surface area contributed by atoms with Crippen molar-refractivity contribution in [1.82, 2.24) is 19.7 Å². The summed E-state index contributed by atoms with van der Waals surface area (Å²) in [6.45, 7) is -2.17. The average molecular weight is 466 g/mol. The molecule has 3 heterocycles. The smallest absolute Gasteiger partial charge is 0.256 e. The van der Waals surface area contributed by atoms with Crippen molar-refractivity contribution in [2.24, 2.45) is 7.05 Å². The molecule has 5 rings (SSSR count). The van der Waals surface area contributed by atoms with Crippen LogP contribution in [0.3, 0.4) is 0 Å². The van der Waals surface area contributed by atoms with E-state index < -0.39 is 36.1 Å². The van der Waals surface area contributed by atoms with Gasteiger partial charge in [-0.15, -0.1) is 0 Å². The average Bonchev–Trinajstić information content (AvgIpc) is 3.32. The van der Waals surface area contributed by atoms with Crippen LogP contribution in [0.4, 0.5) is 8.78 Å². The largest absolute Gasteiger partial charge is 0.489 e. The van der Waals surface area contributed by atoms with E-state index in [1.165, 1.54) is 30.5 Å². The number of pyridine rings is 1. The molecule has 0 aliphatic carbocycles. The number of aryl methyl sites for hydroxylation is 1. The fraction of sp³-hybridized carbons (Fsp3) is 0.240. The van der Waals surface area contributed by atoms with E-state index in [0.717, 1.165) is 4.90 Å². The molecule has 0 saturated heterocycles. The number of nitrogens with zero attached hydrogens (tertiary/aromatic N) is 4. The first-order valence-electron chi connectivity index (χ1n) is 11.6. The molecule has 4 aromatic rings. The number of carbonyl (C=O) groups is 1. The zero-order chi connectivity index (χ0) is 25.6. The number of hydrogen-bond donors (Lipinski definition) is 0. The summed E-state index contributed by atoms with van der Waals surface area (Å²) in [5.41, 5.74) is 0.954. The number of ether oxygens (including phenoxy) is 2. The van der Waals surface area contributed by atoms with Crippen molar-refractivity contribution in [2.75, 3.05) is 20.3 Å². The SMILES string of the molecule is [2H]C1([2H])c2ncccc2C(=O)N1Cc1c(F)cc(-c2ccc(OCCOC)c3nn(C)cc23)cc1F. The third-order valence-electron chi connectivity index (χ3n) is 5.59. The summed E-state index contributed by atoms with van der Waals surface area (Å²) in [6.07, 6.45) is 3.11. The van der Waals surface area contributed by atoms with Gasteiger partial charge in [-0.3, -0.25) is 14.5 Å². The molecule has 9 heteroatoms. The standard InChI is InChI=1S/C25H22F2N4O3/c1-30-12-18-16(5-6-23(24(18)29-30)34-9-8-33-2)15-10-20(26)19(21(27)11-15)13-31-14-22-17(25(31)32)4-3-7-28-22/h3-7,10-12H,8-9,13-14H2,1-2H3/i14D2. The molecule has 1 aliphatic heterocycles. The number of amides is 1. The number of carbonyl (C=O) groups excluding carboxylic acids is 1. The molecule has 0 atom stereocenters. The number of rotatable bonds is 7. The van der Waals surface area contributed by atoms with Gasteiger partial charge in [0, 0.05) is 37.5 Å². The molecule has 1 aliphatic rings. The molecule has 1 amide bonds. The lowest BCUT2D eigenvalue weighted by atomic mass is 9.99. The second-order valence-corrected chi connectivity index (χ2v) is 7.84. The summed E-state index contributed by atoms with van der Waals surface area (Å²) in [5, 5.41) is 5.07. The lowest BCUT2D eigenvalue weighted by Crippen LogP contribution is -2.24. The van der Waals surface area contributed by atoms with Crippen molar-refractivity contribution in [3.05, 3.63) is 77.2 Å². The highest BCUT2D eigenvalue weighted by Gasteiger charge is 2.29. The van der Waals surface area contributed by atoms with Gasteiger partial charge in [0.05, 0.1) is 33.6 Å². The summed E-state index contributed by atoms with van der Waals surface area (Å²) < 4.78 is 59.5. The van der Waals surface area contributed by atoms with Gasteiger partial charge in [0.2, 0.25) is 0 Å². The molecule has 0 radical (unpaired) electrons. The third-order valence-corrected chi connectivity index (χ3v) is 5.59. The number of fused-ring (bicyclic) bond motifs is 2. The Morgan fingerprint density at radius 2 is 1.94 bits per heavy atom. The molecule has 2 aromatic carbocycles. The van der Waals surface area contributed by atoms with E-state index in [1.54, 1.807) is 37.2 Å². The van der Waals surface area contributed by atoms with Crippen LogP contribution in [0.1, 0.15) is 24.4 Å². The van der Waals surface area contributed by atoms with E-state index in [2.05, 4.69) is 10.1 Å². The molecule has 0 unspecified atom stereocenters. The van der Waals surface area contributed by atoms with E-state index in [1.807, 2.05) is 0 Å². The number of halogens is 2. The monoisotopic (exact) mass is 466 g/mol. The van der Waals surface area contributed by atoms with E-state index in [4.69, 9.17) is 12.2 Å². The Balaban J connectivity index is 1.50. The Bertz CT molecular complexity index is 1470. The summed E-state index contributed by atoms with van der Waals surface area (Å²) in [6, 6.07) is 8.69. The van der Waals surface area contributed by atoms with Gasteiger partial charge in [0.25, 0.3) is 5.91 Å². The first kappa shape index (κ1) is 19.6. The molecule has 174 valence electrons. The predicted molar refractivity (Wildman–Crippen MR) is 121 cm³/mol. The molecule has 0 fully saturated rings. The van der Waals surface area contributed by atoms with Crippen LogP contribution in [0.15, 0.2) is 48.8 Å². The van der Waals surface area contributed by atoms with Crippen molar-refractivity contribution in [2.45, 2.75) is 13.0 Å². The van der Waals surface area contributed by atoms with Gasteiger partial charge in [0.15, 0.2) is 0 Å². The number of benzene rings is 2. The van der Waals surface area contributed by atoms with Crippen molar-refractivity contribution in [3.63, 3.8) is 0 Å². The minimum atomic E-state index is -2.30. The molecule has 0 saturated carbocycles. The van der Waals surface area contributed by atoms with Crippen LogP contribution in [0.25, 0.3) is 22.0 Å². The van der Waals surface area contributed by atoms with Gasteiger partial charge in [-0.25, -0.2) is 8.78 Å². The van der Waals surface area contributed by atoms with Crippen LogP contribution >= 0.6 is 0 Å². The fourth-order valence-electron chi connectivity index (χ4n) is 3.97. The van der Waals surface area contributed by atoms with Crippen LogP contribution in [-0.2, 0) is 24.8 Å². The van der Waals surface area contributed by atoms with E-state index in [9.17, 15) is 4.79 Å². The fourth-order valence-corrected chi connectivity index (χ4v) is 3.97. The lowest BCUT2D eigenvalue weighted by Gasteiger charge is -2.17. The molecule has 2 aromatic heterocycles. The third kappa shape index (κ3) is 3.88. The van der Waals surface area contributed by atoms with E-state index in [0.29, 0.717) is 35.4 Å². The zero-order valence-electron chi connectivity index (χ0n) is 20.5. The van der Waals surface area contributed by atoms with Crippen LogP contribution in [0.2, 0.25) is 0 Å². The highest BCUT2D eigenvalue weighted by Crippen LogP contribution is 2.35. The van der Waals surface area contributed by atoms with Crippen LogP contribution in [0.5, 0.6) is 5.75 Å². The summed E-state index contributed by atoms with van der Waals surface area (Å²) in [5.74, 6) is -1.94. The van der Waals surface area contributed by atoms with Crippen LogP contribution < -0.4 is 4.74 Å². The second-order valence-electron chi connectivity index (χ2n) is 7.84.